The van der Waals surface area contributed by atoms with E-state index in [9.17, 15) is 14.4 Å². The van der Waals surface area contributed by atoms with E-state index >= 15 is 0 Å². The topological polar surface area (TPSA) is 63.7 Å². The molecule has 0 unspecified atom stereocenters. The number of esters is 1. The first-order chi connectivity index (χ1) is 14.1. The molecular formula is C24H23NO4. The summed E-state index contributed by atoms with van der Waals surface area (Å²) in [7, 11) is 0. The van der Waals surface area contributed by atoms with E-state index in [0.717, 1.165) is 36.1 Å². The molecule has 1 heterocycles. The first kappa shape index (κ1) is 18.1. The van der Waals surface area contributed by atoms with Gasteiger partial charge in [0, 0.05) is 0 Å². The van der Waals surface area contributed by atoms with Crippen molar-refractivity contribution in [2.24, 2.45) is 23.7 Å². The summed E-state index contributed by atoms with van der Waals surface area (Å²) in [4.78, 5) is 38.9. The molecule has 5 rings (SSSR count). The van der Waals surface area contributed by atoms with E-state index in [0.29, 0.717) is 17.6 Å². The third kappa shape index (κ3) is 3.24. The summed E-state index contributed by atoms with van der Waals surface area (Å²) in [6.45, 7) is -0.296. The van der Waals surface area contributed by atoms with Gasteiger partial charge in [-0.3, -0.25) is 14.5 Å². The van der Waals surface area contributed by atoms with Crippen molar-refractivity contribution in [3.63, 3.8) is 0 Å². The molecule has 0 N–H and O–H groups in total. The van der Waals surface area contributed by atoms with Crippen LogP contribution in [0.15, 0.2) is 54.6 Å². The van der Waals surface area contributed by atoms with Crippen LogP contribution in [0.4, 0.5) is 0 Å². The molecule has 1 aliphatic heterocycles. The van der Waals surface area contributed by atoms with Gasteiger partial charge in [-0.15, -0.1) is 0 Å². The number of likely N-dealkylation sites (tertiary alicyclic amines) is 1. The quantitative estimate of drug-likeness (QED) is 0.448. The van der Waals surface area contributed by atoms with Gasteiger partial charge < -0.3 is 4.74 Å². The number of ether oxygens (including phenoxy) is 1. The maximum atomic E-state index is 12.7. The lowest BCUT2D eigenvalue weighted by molar-refractivity contribution is -0.148. The van der Waals surface area contributed by atoms with Crippen molar-refractivity contribution >= 4 is 17.8 Å². The van der Waals surface area contributed by atoms with Crippen LogP contribution in [0.5, 0.6) is 5.75 Å². The number of amides is 2. The van der Waals surface area contributed by atoms with Crippen molar-refractivity contribution in [3.8, 4) is 5.75 Å². The smallest absolute Gasteiger partial charge is 0.331 e. The van der Waals surface area contributed by atoms with Gasteiger partial charge in [0.05, 0.1) is 11.8 Å². The summed E-state index contributed by atoms with van der Waals surface area (Å²) in [5, 5.41) is 0. The fraction of sp³-hybridized carbons (Fsp3) is 0.375. The molecule has 2 amide bonds. The lowest BCUT2D eigenvalue weighted by Gasteiger charge is -2.19. The molecule has 0 aromatic heterocycles. The summed E-state index contributed by atoms with van der Waals surface area (Å²) in [5.74, 6) is -0.275. The van der Waals surface area contributed by atoms with Crippen LogP contribution in [0.3, 0.4) is 0 Å². The minimum atomic E-state index is -0.574. The second-order valence-electron chi connectivity index (χ2n) is 8.43. The van der Waals surface area contributed by atoms with Crippen molar-refractivity contribution in [2.45, 2.75) is 25.7 Å². The van der Waals surface area contributed by atoms with Crippen LogP contribution < -0.4 is 4.74 Å². The summed E-state index contributed by atoms with van der Waals surface area (Å²) in [6, 6.07) is 17.5. The Morgan fingerprint density at radius 3 is 2.07 bits per heavy atom. The predicted molar refractivity (Wildman–Crippen MR) is 106 cm³/mol. The van der Waals surface area contributed by atoms with Crippen LogP contribution in [0.1, 0.15) is 30.4 Å². The minimum Gasteiger partial charge on any atom is -0.425 e. The lowest BCUT2D eigenvalue weighted by atomic mass is 9.81. The fourth-order valence-corrected chi connectivity index (χ4v) is 5.43. The molecule has 2 aromatic carbocycles. The maximum absolute atomic E-state index is 12.7. The van der Waals surface area contributed by atoms with Gasteiger partial charge in [0.15, 0.2) is 0 Å². The van der Waals surface area contributed by atoms with Crippen LogP contribution in [-0.4, -0.2) is 29.2 Å². The van der Waals surface area contributed by atoms with E-state index in [4.69, 9.17) is 4.74 Å². The number of nitrogens with zero attached hydrogens (tertiary/aromatic N) is 1. The number of hydrogen-bond donors (Lipinski definition) is 0. The average molecular weight is 389 g/mol. The van der Waals surface area contributed by atoms with Gasteiger partial charge in [0.2, 0.25) is 11.8 Å². The minimum absolute atomic E-state index is 0.178. The number of carbonyl (C=O) groups excluding carboxylic acids is 3. The monoisotopic (exact) mass is 389 g/mol. The molecule has 29 heavy (non-hydrogen) atoms. The second kappa shape index (κ2) is 7.14. The lowest BCUT2D eigenvalue weighted by Crippen LogP contribution is -2.38. The highest BCUT2D eigenvalue weighted by atomic mass is 16.5. The molecule has 2 aliphatic carbocycles. The molecule has 2 bridgehead atoms. The van der Waals surface area contributed by atoms with Gasteiger partial charge in [-0.05, 0) is 60.8 Å². The summed E-state index contributed by atoms with van der Waals surface area (Å²) < 4.78 is 5.38. The van der Waals surface area contributed by atoms with Crippen LogP contribution in [0, 0.1) is 23.7 Å². The molecule has 3 fully saturated rings. The van der Waals surface area contributed by atoms with Crippen molar-refractivity contribution < 1.29 is 19.1 Å². The SMILES string of the molecule is O=C(CN1C(=O)[C@H]2[C@H]3CC[C@@H](C3)[C@@H]2C1=O)Oc1ccc(Cc2ccccc2)cc1. The Balaban J connectivity index is 1.20. The van der Waals surface area contributed by atoms with Gasteiger partial charge in [0.1, 0.15) is 12.3 Å². The summed E-state index contributed by atoms with van der Waals surface area (Å²) in [5.41, 5.74) is 2.33. The van der Waals surface area contributed by atoms with E-state index in [1.165, 1.54) is 5.56 Å². The summed E-state index contributed by atoms with van der Waals surface area (Å²) >= 11 is 0. The first-order valence-electron chi connectivity index (χ1n) is 10.3. The molecule has 5 nitrogen and oxygen atoms in total. The Bertz CT molecular complexity index is 925. The summed E-state index contributed by atoms with van der Waals surface area (Å²) in [6.07, 6.45) is 3.84. The van der Waals surface area contributed by atoms with Crippen LogP contribution in [0.25, 0.3) is 0 Å². The van der Waals surface area contributed by atoms with Crippen molar-refractivity contribution in [1.29, 1.82) is 0 Å². The molecule has 2 saturated carbocycles. The fourth-order valence-electron chi connectivity index (χ4n) is 5.43. The molecule has 0 radical (unpaired) electrons. The Kier molecular flexibility index (Phi) is 4.46. The number of hydrogen-bond acceptors (Lipinski definition) is 4. The number of rotatable bonds is 5. The van der Waals surface area contributed by atoms with Crippen LogP contribution in [-0.2, 0) is 20.8 Å². The number of imide groups is 1. The third-order valence-electron chi connectivity index (χ3n) is 6.71. The van der Waals surface area contributed by atoms with Gasteiger partial charge >= 0.3 is 5.97 Å². The van der Waals surface area contributed by atoms with Crippen molar-refractivity contribution in [3.05, 3.63) is 65.7 Å². The molecule has 0 spiro atoms. The molecule has 3 aliphatic rings. The Labute approximate surface area is 169 Å². The molecule has 2 aromatic rings. The zero-order valence-electron chi connectivity index (χ0n) is 16.1. The molecule has 1 saturated heterocycles. The molecule has 148 valence electrons. The first-order valence-corrected chi connectivity index (χ1v) is 10.3. The van der Waals surface area contributed by atoms with Crippen molar-refractivity contribution in [1.82, 2.24) is 4.90 Å². The molecule has 4 atom stereocenters. The Morgan fingerprint density at radius 2 is 1.45 bits per heavy atom. The maximum Gasteiger partial charge on any atom is 0.331 e. The molecular weight excluding hydrogens is 366 g/mol. The van der Waals surface area contributed by atoms with E-state index < -0.39 is 5.97 Å². The van der Waals surface area contributed by atoms with Gasteiger partial charge in [-0.2, -0.15) is 0 Å². The van der Waals surface area contributed by atoms with E-state index in [1.807, 2.05) is 30.3 Å². The standard InChI is InChI=1S/C24H23NO4/c26-20(14-25-23(27)21-17-8-9-18(13-17)22(21)24(25)28)29-19-10-6-16(7-11-19)12-15-4-2-1-3-5-15/h1-7,10-11,17-18,21-22H,8-9,12-14H2/t17-,18-,21-,22-/m0/s1. The third-order valence-corrected chi connectivity index (χ3v) is 6.71. The van der Waals surface area contributed by atoms with E-state index in [1.54, 1.807) is 12.1 Å². The zero-order chi connectivity index (χ0) is 20.0. The highest BCUT2D eigenvalue weighted by Gasteiger charge is 2.61. The van der Waals surface area contributed by atoms with Gasteiger partial charge in [-0.25, -0.2) is 4.79 Å². The van der Waals surface area contributed by atoms with E-state index in [-0.39, 0.29) is 30.2 Å². The van der Waals surface area contributed by atoms with Crippen LogP contribution >= 0.6 is 0 Å². The van der Waals surface area contributed by atoms with Gasteiger partial charge in [0.25, 0.3) is 0 Å². The number of benzene rings is 2. The van der Waals surface area contributed by atoms with E-state index in [2.05, 4.69) is 12.1 Å². The number of carbonyl (C=O) groups is 3. The van der Waals surface area contributed by atoms with Crippen LogP contribution in [0.2, 0.25) is 0 Å². The predicted octanol–water partition coefficient (Wildman–Crippen LogP) is 3.21. The normalized spacial score (nSPS) is 27.4. The second-order valence-corrected chi connectivity index (χ2v) is 8.43. The zero-order valence-corrected chi connectivity index (χ0v) is 16.1. The average Bonchev–Trinajstić information content (AvgIpc) is 3.40. The van der Waals surface area contributed by atoms with Crippen molar-refractivity contribution in [2.75, 3.05) is 6.54 Å². The number of fused-ring (bicyclic) bond motifs is 5. The Hall–Kier alpha value is -2.95. The molecule has 5 heteroatoms. The van der Waals surface area contributed by atoms with Gasteiger partial charge in [-0.1, -0.05) is 42.5 Å². The largest absolute Gasteiger partial charge is 0.425 e. The highest BCUT2D eigenvalue weighted by molar-refractivity contribution is 6.07. The Morgan fingerprint density at radius 1 is 0.862 bits per heavy atom. The highest BCUT2D eigenvalue weighted by Crippen LogP contribution is 2.56.